The SMILES string of the molecule is CCCCCCCC/C=C\CCCCCCCC(=O)OCCCCCCCCCCCCCCCCCCCCCCCCCCCCC(=O)NC(CO)C(O)CCCCCCCCCCCCCC. The summed E-state index contributed by atoms with van der Waals surface area (Å²) in [6, 6.07) is -0.538. The van der Waals surface area contributed by atoms with Crippen molar-refractivity contribution < 1.29 is 24.5 Å². The zero-order chi connectivity index (χ0) is 50.7. The van der Waals surface area contributed by atoms with Crippen LogP contribution < -0.4 is 5.32 Å². The molecule has 416 valence electrons. The van der Waals surface area contributed by atoms with Gasteiger partial charge in [-0.15, -0.1) is 0 Å². The molecule has 0 aliphatic heterocycles. The van der Waals surface area contributed by atoms with Crippen molar-refractivity contribution in [2.45, 2.75) is 373 Å². The predicted molar refractivity (Wildman–Crippen MR) is 306 cm³/mol. The van der Waals surface area contributed by atoms with Gasteiger partial charge in [-0.1, -0.05) is 309 Å². The summed E-state index contributed by atoms with van der Waals surface area (Å²) in [5.41, 5.74) is 0. The van der Waals surface area contributed by atoms with Crippen LogP contribution in [0.3, 0.4) is 0 Å². The number of allylic oxidation sites excluding steroid dienone is 2. The smallest absolute Gasteiger partial charge is 0.305 e. The van der Waals surface area contributed by atoms with E-state index in [-0.39, 0.29) is 18.5 Å². The van der Waals surface area contributed by atoms with Crippen molar-refractivity contribution in [1.82, 2.24) is 5.32 Å². The van der Waals surface area contributed by atoms with Crippen LogP contribution in [0.2, 0.25) is 0 Å². The Kier molecular flexibility index (Phi) is 59.0. The molecule has 2 unspecified atom stereocenters. The molecule has 6 nitrogen and oxygen atoms in total. The van der Waals surface area contributed by atoms with E-state index in [0.717, 1.165) is 44.9 Å². The fourth-order valence-corrected chi connectivity index (χ4v) is 10.2. The Morgan fingerprint density at radius 3 is 1.01 bits per heavy atom. The Morgan fingerprint density at radius 2 is 0.671 bits per heavy atom. The maximum Gasteiger partial charge on any atom is 0.305 e. The summed E-state index contributed by atoms with van der Waals surface area (Å²) in [5.74, 6) is -0.0215. The maximum absolute atomic E-state index is 12.5. The van der Waals surface area contributed by atoms with Gasteiger partial charge < -0.3 is 20.3 Å². The zero-order valence-corrected chi connectivity index (χ0v) is 47.5. The highest BCUT2D eigenvalue weighted by Crippen LogP contribution is 2.18. The summed E-state index contributed by atoms with van der Waals surface area (Å²) < 4.78 is 5.49. The number of rotatable bonds is 60. The van der Waals surface area contributed by atoms with Gasteiger partial charge in [0.15, 0.2) is 0 Å². The second kappa shape index (κ2) is 60.2. The Hall–Kier alpha value is -1.40. The van der Waals surface area contributed by atoms with Crippen molar-refractivity contribution in [3.63, 3.8) is 0 Å². The second-order valence-electron chi connectivity index (χ2n) is 22.1. The standard InChI is InChI=1S/C64H125NO5/c1-3-5-7-9-11-13-15-17-30-34-38-42-46-50-54-58-64(69)70-59-55-51-47-43-39-35-32-29-27-25-23-21-19-18-20-22-24-26-28-31-33-37-41-45-49-53-57-63(68)65-61(60-66)62(67)56-52-48-44-40-36-16-14-12-10-8-6-4-2/h17,30,61-62,66-67H,3-16,18-29,31-60H2,1-2H3,(H,65,68)/b30-17-. The Labute approximate surface area is 438 Å². The van der Waals surface area contributed by atoms with Crippen molar-refractivity contribution in [3.8, 4) is 0 Å². The molecule has 0 aromatic heterocycles. The van der Waals surface area contributed by atoms with E-state index in [1.165, 1.54) is 283 Å². The van der Waals surface area contributed by atoms with Crippen molar-refractivity contribution in [2.24, 2.45) is 0 Å². The number of aliphatic hydroxyl groups is 2. The highest BCUT2D eigenvalue weighted by Gasteiger charge is 2.20. The third kappa shape index (κ3) is 55.9. The number of amides is 1. The fourth-order valence-electron chi connectivity index (χ4n) is 10.2. The number of unbranched alkanes of at least 4 members (excludes halogenated alkanes) is 47. The molecular weight excluding hydrogens is 863 g/mol. The number of carbonyl (C=O) groups is 2. The van der Waals surface area contributed by atoms with Crippen LogP contribution in [0.1, 0.15) is 361 Å². The summed E-state index contributed by atoms with van der Waals surface area (Å²) in [7, 11) is 0. The minimum Gasteiger partial charge on any atom is -0.466 e. The maximum atomic E-state index is 12.5. The first-order chi connectivity index (χ1) is 34.5. The van der Waals surface area contributed by atoms with Gasteiger partial charge in [-0.25, -0.2) is 0 Å². The summed E-state index contributed by atoms with van der Waals surface area (Å²) in [5, 5.41) is 23.2. The highest BCUT2D eigenvalue weighted by molar-refractivity contribution is 5.76. The second-order valence-corrected chi connectivity index (χ2v) is 22.1. The van der Waals surface area contributed by atoms with Gasteiger partial charge in [0.2, 0.25) is 5.91 Å². The zero-order valence-electron chi connectivity index (χ0n) is 47.5. The van der Waals surface area contributed by atoms with Gasteiger partial charge in [0, 0.05) is 12.8 Å². The minimum atomic E-state index is -0.661. The number of hydrogen-bond donors (Lipinski definition) is 3. The fraction of sp³-hybridized carbons (Fsp3) is 0.938. The third-order valence-electron chi connectivity index (χ3n) is 15.1. The molecule has 0 aromatic carbocycles. The topological polar surface area (TPSA) is 95.9 Å². The van der Waals surface area contributed by atoms with E-state index in [0.29, 0.717) is 25.9 Å². The Morgan fingerprint density at radius 1 is 0.386 bits per heavy atom. The van der Waals surface area contributed by atoms with E-state index in [4.69, 9.17) is 4.74 Å². The van der Waals surface area contributed by atoms with Crippen LogP contribution in [0.15, 0.2) is 12.2 Å². The van der Waals surface area contributed by atoms with Gasteiger partial charge in [0.05, 0.1) is 25.4 Å². The van der Waals surface area contributed by atoms with Gasteiger partial charge >= 0.3 is 5.97 Å². The molecule has 0 saturated heterocycles. The molecular formula is C64H125NO5. The van der Waals surface area contributed by atoms with E-state index < -0.39 is 12.1 Å². The van der Waals surface area contributed by atoms with Crippen molar-refractivity contribution >= 4 is 11.9 Å². The molecule has 0 rings (SSSR count). The largest absolute Gasteiger partial charge is 0.466 e. The number of carbonyl (C=O) groups excluding carboxylic acids is 2. The first kappa shape index (κ1) is 68.6. The monoisotopic (exact) mass is 988 g/mol. The molecule has 0 saturated carbocycles. The molecule has 6 heteroatoms. The molecule has 0 aliphatic carbocycles. The van der Waals surface area contributed by atoms with Crippen molar-refractivity contribution in [2.75, 3.05) is 13.2 Å². The molecule has 1 amide bonds. The minimum absolute atomic E-state index is 0.00994. The summed E-state index contributed by atoms with van der Waals surface area (Å²) in [6.07, 6.45) is 72.4. The number of ether oxygens (including phenoxy) is 1. The molecule has 0 bridgehead atoms. The lowest BCUT2D eigenvalue weighted by Crippen LogP contribution is -2.45. The third-order valence-corrected chi connectivity index (χ3v) is 15.1. The van der Waals surface area contributed by atoms with E-state index in [9.17, 15) is 19.8 Å². The Balaban J connectivity index is 3.33. The molecule has 0 radical (unpaired) electrons. The average molecular weight is 989 g/mol. The van der Waals surface area contributed by atoms with E-state index in [2.05, 4.69) is 31.3 Å². The quantitative estimate of drug-likeness (QED) is 0.0321. The van der Waals surface area contributed by atoms with Gasteiger partial charge in [-0.05, 0) is 51.4 Å². The summed E-state index contributed by atoms with van der Waals surface area (Å²) in [4.78, 5) is 24.5. The summed E-state index contributed by atoms with van der Waals surface area (Å²) in [6.45, 7) is 4.96. The molecule has 3 N–H and O–H groups in total. The van der Waals surface area contributed by atoms with Crippen LogP contribution >= 0.6 is 0 Å². The first-order valence-corrected chi connectivity index (χ1v) is 31.9. The lowest BCUT2D eigenvalue weighted by molar-refractivity contribution is -0.143. The summed E-state index contributed by atoms with van der Waals surface area (Å²) >= 11 is 0. The molecule has 0 aromatic rings. The molecule has 2 atom stereocenters. The normalized spacial score (nSPS) is 12.6. The van der Waals surface area contributed by atoms with Crippen molar-refractivity contribution in [3.05, 3.63) is 12.2 Å². The van der Waals surface area contributed by atoms with Crippen LogP contribution in [0.4, 0.5) is 0 Å². The predicted octanol–water partition coefficient (Wildman–Crippen LogP) is 20.0. The van der Waals surface area contributed by atoms with Crippen molar-refractivity contribution in [1.29, 1.82) is 0 Å². The molecule has 0 heterocycles. The van der Waals surface area contributed by atoms with Crippen LogP contribution in [-0.4, -0.2) is 47.4 Å². The average Bonchev–Trinajstić information content (AvgIpc) is 3.36. The van der Waals surface area contributed by atoms with Crippen LogP contribution in [0.25, 0.3) is 0 Å². The van der Waals surface area contributed by atoms with Gasteiger partial charge in [-0.3, -0.25) is 9.59 Å². The first-order valence-electron chi connectivity index (χ1n) is 31.9. The highest BCUT2D eigenvalue weighted by atomic mass is 16.5. The number of hydrogen-bond acceptors (Lipinski definition) is 5. The van der Waals surface area contributed by atoms with E-state index in [1.807, 2.05) is 0 Å². The number of nitrogens with one attached hydrogen (secondary N) is 1. The molecule has 0 aliphatic rings. The number of esters is 1. The van der Waals surface area contributed by atoms with Gasteiger partial charge in [-0.2, -0.15) is 0 Å². The van der Waals surface area contributed by atoms with E-state index in [1.54, 1.807) is 0 Å². The van der Waals surface area contributed by atoms with Crippen LogP contribution in [0.5, 0.6) is 0 Å². The number of aliphatic hydroxyl groups excluding tert-OH is 2. The van der Waals surface area contributed by atoms with Gasteiger partial charge in [0.1, 0.15) is 0 Å². The molecule has 70 heavy (non-hydrogen) atoms. The van der Waals surface area contributed by atoms with Gasteiger partial charge in [0.25, 0.3) is 0 Å². The molecule has 0 fully saturated rings. The Bertz CT molecular complexity index is 1050. The lowest BCUT2D eigenvalue weighted by atomic mass is 10.0. The lowest BCUT2D eigenvalue weighted by Gasteiger charge is -2.22. The molecule has 0 spiro atoms. The van der Waals surface area contributed by atoms with Crippen LogP contribution in [0, 0.1) is 0 Å². The van der Waals surface area contributed by atoms with E-state index >= 15 is 0 Å². The van der Waals surface area contributed by atoms with Crippen LogP contribution in [-0.2, 0) is 14.3 Å².